The smallest absolute Gasteiger partial charge is 0.127 e. The molecular weight excluding hydrogens is 237 g/mol. The van der Waals surface area contributed by atoms with Crippen LogP contribution in [-0.2, 0) is 6.54 Å². The van der Waals surface area contributed by atoms with Gasteiger partial charge >= 0.3 is 0 Å². The molecule has 0 bridgehead atoms. The summed E-state index contributed by atoms with van der Waals surface area (Å²) in [7, 11) is 0. The Labute approximate surface area is 107 Å². The van der Waals surface area contributed by atoms with E-state index in [4.69, 9.17) is 4.74 Å². The second-order valence-corrected chi connectivity index (χ2v) is 5.01. The summed E-state index contributed by atoms with van der Waals surface area (Å²) < 4.78 is 18.8. The lowest BCUT2D eigenvalue weighted by atomic mass is 10.2. The highest BCUT2D eigenvalue weighted by Crippen LogP contribution is 2.16. The summed E-state index contributed by atoms with van der Waals surface area (Å²) in [6.45, 7) is 6.32. The number of hydrogen-bond donors (Lipinski definition) is 1. The molecular formula is C13H20FNOS. The first kappa shape index (κ1) is 14.3. The first-order valence-electron chi connectivity index (χ1n) is 5.97. The van der Waals surface area contributed by atoms with Gasteiger partial charge < -0.3 is 10.1 Å². The number of rotatable bonds is 8. The Morgan fingerprint density at radius 2 is 2.12 bits per heavy atom. The second kappa shape index (κ2) is 8.37. The molecule has 0 spiro atoms. The quantitative estimate of drug-likeness (QED) is 0.723. The fraction of sp³-hybridized carbons (Fsp3) is 0.538. The molecule has 96 valence electrons. The lowest BCUT2D eigenvalue weighted by Gasteiger charge is -2.08. The Bertz CT molecular complexity index is 333. The van der Waals surface area contributed by atoms with Crippen LogP contribution in [0.5, 0.6) is 5.75 Å². The van der Waals surface area contributed by atoms with Gasteiger partial charge in [-0.2, -0.15) is 11.8 Å². The van der Waals surface area contributed by atoms with E-state index in [9.17, 15) is 4.39 Å². The Kier molecular flexibility index (Phi) is 7.05. The molecule has 17 heavy (non-hydrogen) atoms. The first-order valence-corrected chi connectivity index (χ1v) is 7.12. The van der Waals surface area contributed by atoms with E-state index >= 15 is 0 Å². The van der Waals surface area contributed by atoms with Gasteiger partial charge in [0.25, 0.3) is 0 Å². The maximum absolute atomic E-state index is 13.3. The van der Waals surface area contributed by atoms with Crippen molar-refractivity contribution in [3.05, 3.63) is 29.6 Å². The summed E-state index contributed by atoms with van der Waals surface area (Å²) in [5.74, 6) is 2.40. The summed E-state index contributed by atoms with van der Waals surface area (Å²) in [5.41, 5.74) is 0.921. The van der Waals surface area contributed by atoms with Crippen molar-refractivity contribution >= 4 is 11.8 Å². The van der Waals surface area contributed by atoms with Gasteiger partial charge in [-0.3, -0.25) is 0 Å². The van der Waals surface area contributed by atoms with E-state index in [-0.39, 0.29) is 5.82 Å². The van der Waals surface area contributed by atoms with E-state index in [0.29, 0.717) is 18.9 Å². The Morgan fingerprint density at radius 1 is 1.29 bits per heavy atom. The lowest BCUT2D eigenvalue weighted by Crippen LogP contribution is -2.12. The summed E-state index contributed by atoms with van der Waals surface area (Å²) in [6, 6.07) is 4.87. The average molecular weight is 257 g/mol. The summed E-state index contributed by atoms with van der Waals surface area (Å²) in [5, 5.41) is 3.17. The highest BCUT2D eigenvalue weighted by molar-refractivity contribution is 7.99. The highest BCUT2D eigenvalue weighted by Gasteiger charge is 2.01. The maximum atomic E-state index is 13.3. The van der Waals surface area contributed by atoms with Crippen molar-refractivity contribution in [2.75, 3.05) is 24.7 Å². The second-order valence-electron chi connectivity index (χ2n) is 3.62. The van der Waals surface area contributed by atoms with Crippen LogP contribution in [0.3, 0.4) is 0 Å². The van der Waals surface area contributed by atoms with Crippen LogP contribution in [0, 0.1) is 5.82 Å². The van der Waals surface area contributed by atoms with Gasteiger partial charge in [-0.15, -0.1) is 0 Å². The largest absolute Gasteiger partial charge is 0.493 e. The van der Waals surface area contributed by atoms with Crippen molar-refractivity contribution in [2.24, 2.45) is 0 Å². The van der Waals surface area contributed by atoms with E-state index < -0.39 is 0 Å². The molecule has 4 heteroatoms. The Hall–Kier alpha value is -0.740. The third-order valence-corrected chi connectivity index (χ3v) is 3.07. The van der Waals surface area contributed by atoms with Crippen molar-refractivity contribution in [1.82, 2.24) is 5.32 Å². The minimum Gasteiger partial charge on any atom is -0.493 e. The third-order valence-electron chi connectivity index (χ3n) is 2.21. The molecule has 1 aromatic carbocycles. The summed E-state index contributed by atoms with van der Waals surface area (Å²) in [4.78, 5) is 0. The van der Waals surface area contributed by atoms with Crippen LogP contribution < -0.4 is 10.1 Å². The van der Waals surface area contributed by atoms with E-state index in [1.807, 2.05) is 24.8 Å². The van der Waals surface area contributed by atoms with Gasteiger partial charge in [-0.05, 0) is 30.0 Å². The predicted molar refractivity (Wildman–Crippen MR) is 72.3 cm³/mol. The van der Waals surface area contributed by atoms with Gasteiger partial charge in [0.05, 0.1) is 6.61 Å². The zero-order valence-electron chi connectivity index (χ0n) is 10.5. The van der Waals surface area contributed by atoms with Crippen LogP contribution in [0.2, 0.25) is 0 Å². The molecule has 0 atom stereocenters. The Balaban J connectivity index is 2.50. The van der Waals surface area contributed by atoms with Crippen molar-refractivity contribution in [2.45, 2.75) is 20.4 Å². The number of nitrogens with one attached hydrogen (secondary N) is 1. The molecule has 0 saturated carbocycles. The number of benzene rings is 1. The molecule has 0 radical (unpaired) electrons. The number of halogens is 1. The van der Waals surface area contributed by atoms with Crippen LogP contribution in [0.25, 0.3) is 0 Å². The third kappa shape index (κ3) is 5.94. The van der Waals surface area contributed by atoms with Crippen LogP contribution in [0.1, 0.15) is 19.4 Å². The number of ether oxygens (including phenoxy) is 1. The molecule has 0 aliphatic heterocycles. The van der Waals surface area contributed by atoms with Crippen LogP contribution in [0.4, 0.5) is 4.39 Å². The standard InChI is InChI=1S/C13H20FNOS/c1-3-15-10-11-7-12(14)9-13(8-11)16-5-6-17-4-2/h7-9,15H,3-6,10H2,1-2H3. The molecule has 1 N–H and O–H groups in total. The molecule has 0 heterocycles. The van der Waals surface area contributed by atoms with Gasteiger partial charge in [0.1, 0.15) is 11.6 Å². The Morgan fingerprint density at radius 3 is 2.82 bits per heavy atom. The molecule has 1 aromatic rings. The van der Waals surface area contributed by atoms with Gasteiger partial charge in [0.2, 0.25) is 0 Å². The zero-order valence-corrected chi connectivity index (χ0v) is 11.3. The lowest BCUT2D eigenvalue weighted by molar-refractivity contribution is 0.341. The van der Waals surface area contributed by atoms with E-state index in [1.165, 1.54) is 12.1 Å². The van der Waals surface area contributed by atoms with Crippen molar-refractivity contribution in [3.63, 3.8) is 0 Å². The topological polar surface area (TPSA) is 21.3 Å². The minimum absolute atomic E-state index is 0.237. The van der Waals surface area contributed by atoms with Crippen molar-refractivity contribution < 1.29 is 9.13 Å². The average Bonchev–Trinajstić information content (AvgIpc) is 2.31. The van der Waals surface area contributed by atoms with E-state index in [1.54, 1.807) is 0 Å². The monoisotopic (exact) mass is 257 g/mol. The molecule has 0 unspecified atom stereocenters. The molecule has 0 saturated heterocycles. The van der Waals surface area contributed by atoms with Crippen molar-refractivity contribution in [1.29, 1.82) is 0 Å². The molecule has 0 aliphatic carbocycles. The zero-order chi connectivity index (χ0) is 12.5. The van der Waals surface area contributed by atoms with E-state index in [0.717, 1.165) is 23.6 Å². The normalized spacial score (nSPS) is 10.5. The summed E-state index contributed by atoms with van der Waals surface area (Å²) >= 11 is 1.82. The van der Waals surface area contributed by atoms with Gasteiger partial charge in [0, 0.05) is 18.4 Å². The molecule has 0 fully saturated rings. The van der Waals surface area contributed by atoms with Crippen LogP contribution >= 0.6 is 11.8 Å². The van der Waals surface area contributed by atoms with E-state index in [2.05, 4.69) is 12.2 Å². The fourth-order valence-electron chi connectivity index (χ4n) is 1.44. The van der Waals surface area contributed by atoms with Crippen LogP contribution in [0.15, 0.2) is 18.2 Å². The SMILES string of the molecule is CCNCc1cc(F)cc(OCCSCC)c1. The number of thioether (sulfide) groups is 1. The molecule has 0 aromatic heterocycles. The molecule has 2 nitrogen and oxygen atoms in total. The molecule has 1 rings (SSSR count). The number of hydrogen-bond acceptors (Lipinski definition) is 3. The molecule has 0 amide bonds. The minimum atomic E-state index is -0.237. The molecule has 0 aliphatic rings. The summed E-state index contributed by atoms with van der Waals surface area (Å²) in [6.07, 6.45) is 0. The first-order chi connectivity index (χ1) is 8.26. The highest BCUT2D eigenvalue weighted by atomic mass is 32.2. The van der Waals surface area contributed by atoms with Gasteiger partial charge in [-0.1, -0.05) is 13.8 Å². The predicted octanol–water partition coefficient (Wildman–Crippen LogP) is 3.07. The van der Waals surface area contributed by atoms with Gasteiger partial charge in [0.15, 0.2) is 0 Å². The van der Waals surface area contributed by atoms with Crippen molar-refractivity contribution in [3.8, 4) is 5.75 Å². The fourth-order valence-corrected chi connectivity index (χ4v) is 1.93. The van der Waals surface area contributed by atoms with Gasteiger partial charge in [-0.25, -0.2) is 4.39 Å². The van der Waals surface area contributed by atoms with Crippen LogP contribution in [-0.4, -0.2) is 24.7 Å². The maximum Gasteiger partial charge on any atom is 0.127 e.